The van der Waals surface area contributed by atoms with Crippen LogP contribution >= 0.6 is 0 Å². The summed E-state index contributed by atoms with van der Waals surface area (Å²) in [5, 5.41) is 23.8. The summed E-state index contributed by atoms with van der Waals surface area (Å²) in [6.45, 7) is 7.84. The Morgan fingerprint density at radius 2 is 1.59 bits per heavy atom. The Bertz CT molecular complexity index is 1710. The summed E-state index contributed by atoms with van der Waals surface area (Å²) >= 11 is 0. The first-order chi connectivity index (χ1) is 23.2. The molecule has 12 nitrogen and oxygen atoms in total. The molecule has 49 heavy (non-hydrogen) atoms. The van der Waals surface area contributed by atoms with Gasteiger partial charge >= 0.3 is 17.9 Å². The number of ether oxygens (including phenoxy) is 5. The maximum Gasteiger partial charge on any atom is 0.338 e. The Morgan fingerprint density at radius 1 is 0.878 bits per heavy atom. The summed E-state index contributed by atoms with van der Waals surface area (Å²) in [5.41, 5.74) is -5.08. The van der Waals surface area contributed by atoms with Gasteiger partial charge in [0.25, 0.3) is 0 Å². The van der Waals surface area contributed by atoms with Crippen LogP contribution in [0, 0.1) is 33.5 Å². The molecule has 2 bridgehead atoms. The molecule has 3 heterocycles. The highest BCUT2D eigenvalue weighted by molar-refractivity contribution is 5.93. The average Bonchev–Trinajstić information content (AvgIpc) is 3.41. The molecule has 8 rings (SSSR count). The van der Waals surface area contributed by atoms with Gasteiger partial charge in [-0.15, -0.1) is 0 Å². The van der Waals surface area contributed by atoms with Crippen molar-refractivity contribution in [3.8, 4) is 0 Å². The molecule has 6 fully saturated rings. The third-order valence-electron chi connectivity index (χ3n) is 13.8. The fourth-order valence-electron chi connectivity index (χ4n) is 11.9. The van der Waals surface area contributed by atoms with Crippen LogP contribution in [0.25, 0.3) is 0 Å². The summed E-state index contributed by atoms with van der Waals surface area (Å²) < 4.78 is 36.7. The van der Waals surface area contributed by atoms with E-state index in [1.54, 1.807) is 49.8 Å². The highest BCUT2D eigenvalue weighted by atomic mass is 16.6. The molecule has 4 aliphatic carbocycles. The Labute approximate surface area is 283 Å². The van der Waals surface area contributed by atoms with Crippen molar-refractivity contribution < 1.29 is 57.5 Å². The minimum absolute atomic E-state index is 0.0637. The lowest BCUT2D eigenvalue weighted by molar-refractivity contribution is -0.373. The van der Waals surface area contributed by atoms with E-state index in [9.17, 15) is 24.6 Å². The van der Waals surface area contributed by atoms with Crippen molar-refractivity contribution in [2.24, 2.45) is 33.5 Å². The molecule has 0 radical (unpaired) electrons. The first kappa shape index (κ1) is 32.6. The second-order valence-corrected chi connectivity index (χ2v) is 15.6. The summed E-state index contributed by atoms with van der Waals surface area (Å²) in [7, 11) is 0. The number of furan rings is 1. The molecule has 6 aliphatic rings. The number of ketones is 1. The van der Waals surface area contributed by atoms with E-state index in [1.165, 1.54) is 13.8 Å². The van der Waals surface area contributed by atoms with E-state index in [0.717, 1.165) is 5.56 Å². The number of esters is 3. The first-order valence-corrected chi connectivity index (χ1v) is 17.0. The monoisotopic (exact) mass is 678 g/mol. The van der Waals surface area contributed by atoms with Crippen molar-refractivity contribution >= 4 is 23.7 Å². The van der Waals surface area contributed by atoms with Gasteiger partial charge < -0.3 is 38.3 Å². The van der Waals surface area contributed by atoms with Crippen molar-refractivity contribution in [3.63, 3.8) is 0 Å². The van der Waals surface area contributed by atoms with Crippen LogP contribution in [-0.2, 0) is 38.1 Å². The highest BCUT2D eigenvalue weighted by Crippen LogP contribution is 2.83. The molecular formula is C37H42O12. The maximum absolute atomic E-state index is 15.6. The van der Waals surface area contributed by atoms with E-state index in [2.05, 4.69) is 0 Å². The van der Waals surface area contributed by atoms with E-state index in [1.807, 2.05) is 19.9 Å². The molecule has 0 amide bonds. The predicted molar refractivity (Wildman–Crippen MR) is 166 cm³/mol. The molecule has 14 atom stereocenters. The third kappa shape index (κ3) is 3.83. The fraction of sp³-hybridized carbons (Fsp3) is 0.622. The highest BCUT2D eigenvalue weighted by Gasteiger charge is 2.93. The zero-order valence-corrected chi connectivity index (χ0v) is 28.1. The lowest BCUT2D eigenvalue weighted by Crippen LogP contribution is -2.82. The molecule has 2 saturated heterocycles. The summed E-state index contributed by atoms with van der Waals surface area (Å²) in [5.74, 6) is -4.47. The molecule has 2 aliphatic heterocycles. The number of fused-ring (bicyclic) bond motifs is 1. The standard InChI is InChI=1S/C37H42O12/c1-18(38)46-25-15-24(40)36-17-45-32(43)33(25,3)23(36)14-26(48-31(42)20-9-7-6-8-10-20)35(5)29(36)28(41)30(47-19(2)39)34(4)22(21-11-12-44-16-21)13-27-37(34,35)49-27/h6-12,16,22-27,29-30,32,40,43H,13-15,17H2,1-5H3/t22-,23-,24-,25+,26+,27+,29-,30-,32?,33+,34+,35+,36+,37+/m0/s1. The lowest BCUT2D eigenvalue weighted by atomic mass is 9.33. The molecule has 4 saturated carbocycles. The van der Waals surface area contributed by atoms with Gasteiger partial charge in [-0.1, -0.05) is 39.0 Å². The van der Waals surface area contributed by atoms with Crippen LogP contribution in [0.5, 0.6) is 0 Å². The van der Waals surface area contributed by atoms with E-state index in [-0.39, 0.29) is 25.4 Å². The van der Waals surface area contributed by atoms with Gasteiger partial charge in [0.05, 0.1) is 47.7 Å². The summed E-state index contributed by atoms with van der Waals surface area (Å²) in [6, 6.07) is 10.4. The lowest BCUT2D eigenvalue weighted by Gasteiger charge is -2.73. The van der Waals surface area contributed by atoms with Crippen LogP contribution in [0.15, 0.2) is 53.3 Å². The quantitative estimate of drug-likeness (QED) is 0.269. The van der Waals surface area contributed by atoms with Crippen LogP contribution in [0.2, 0.25) is 0 Å². The molecule has 1 aromatic heterocycles. The van der Waals surface area contributed by atoms with Gasteiger partial charge in [-0.25, -0.2) is 4.79 Å². The number of hydrogen-bond donors (Lipinski definition) is 2. The molecule has 1 aromatic carbocycles. The van der Waals surface area contributed by atoms with Crippen LogP contribution in [-0.4, -0.2) is 82.9 Å². The number of hydrogen-bond acceptors (Lipinski definition) is 12. The number of epoxide rings is 1. The Morgan fingerprint density at radius 3 is 2.24 bits per heavy atom. The summed E-state index contributed by atoms with van der Waals surface area (Å²) in [6.07, 6.45) is -2.62. The van der Waals surface area contributed by atoms with E-state index in [4.69, 9.17) is 28.1 Å². The second kappa shape index (κ2) is 10.5. The molecular weight excluding hydrogens is 636 g/mol. The number of aliphatic hydroxyl groups is 2. The number of aliphatic hydroxyl groups excluding tert-OH is 2. The van der Waals surface area contributed by atoms with Crippen molar-refractivity contribution in [2.75, 3.05) is 6.61 Å². The van der Waals surface area contributed by atoms with E-state index in [0.29, 0.717) is 12.0 Å². The number of carbonyl (C=O) groups is 4. The number of carbonyl (C=O) groups excluding carboxylic acids is 4. The molecule has 262 valence electrons. The summed E-state index contributed by atoms with van der Waals surface area (Å²) in [4.78, 5) is 54.7. The van der Waals surface area contributed by atoms with Crippen LogP contribution in [0.4, 0.5) is 0 Å². The van der Waals surface area contributed by atoms with Crippen LogP contribution in [0.3, 0.4) is 0 Å². The van der Waals surface area contributed by atoms with E-state index < -0.39 is 99.6 Å². The largest absolute Gasteiger partial charge is 0.472 e. The molecule has 1 unspecified atom stereocenters. The van der Waals surface area contributed by atoms with Crippen molar-refractivity contribution in [1.29, 1.82) is 0 Å². The molecule has 12 heteroatoms. The number of benzene rings is 1. The average molecular weight is 679 g/mol. The maximum atomic E-state index is 15.6. The Kier molecular flexibility index (Phi) is 6.97. The Hall–Kier alpha value is -3.58. The normalized spacial score (nSPS) is 47.5. The van der Waals surface area contributed by atoms with Crippen LogP contribution < -0.4 is 0 Å². The molecule has 2 N–H and O–H groups in total. The zero-order valence-electron chi connectivity index (χ0n) is 28.1. The van der Waals surface area contributed by atoms with Gasteiger partial charge in [0.2, 0.25) is 0 Å². The smallest absolute Gasteiger partial charge is 0.338 e. The topological polar surface area (TPSA) is 171 Å². The van der Waals surface area contributed by atoms with Crippen molar-refractivity contribution in [1.82, 2.24) is 0 Å². The van der Waals surface area contributed by atoms with Gasteiger partial charge in [0.15, 0.2) is 18.2 Å². The van der Waals surface area contributed by atoms with Gasteiger partial charge in [-0.2, -0.15) is 0 Å². The van der Waals surface area contributed by atoms with E-state index >= 15 is 4.79 Å². The number of rotatable bonds is 5. The van der Waals surface area contributed by atoms with Gasteiger partial charge in [-0.3, -0.25) is 14.4 Å². The minimum Gasteiger partial charge on any atom is -0.472 e. The SMILES string of the molecule is CC(=O)O[C@@H]1C[C@H](O)[C@@]23COC(O)[C@]1(C)[C@@H]2C[C@@H](OC(=O)c1ccccc1)[C@]1(C)[C@@H]3C(=O)[C@H](OC(C)=O)[C@@]2(C)[C@H](c3ccoc3)C[C@H]3O[C@@]312. The van der Waals surface area contributed by atoms with Gasteiger partial charge in [-0.05, 0) is 42.5 Å². The van der Waals surface area contributed by atoms with Gasteiger partial charge in [0.1, 0.15) is 17.8 Å². The zero-order chi connectivity index (χ0) is 34.9. The first-order valence-electron chi connectivity index (χ1n) is 17.0. The minimum atomic E-state index is -1.43. The fourth-order valence-corrected chi connectivity index (χ4v) is 11.9. The number of Topliss-reactive ketones (excluding diaryl/α,β-unsaturated/α-hetero) is 1. The molecule has 1 spiro atoms. The predicted octanol–water partition coefficient (Wildman–Crippen LogP) is 3.33. The third-order valence-corrected chi connectivity index (χ3v) is 13.8. The van der Waals surface area contributed by atoms with Crippen LogP contribution in [0.1, 0.15) is 75.7 Å². The van der Waals surface area contributed by atoms with Gasteiger partial charge in [0, 0.05) is 42.9 Å². The van der Waals surface area contributed by atoms with Crippen molar-refractivity contribution in [3.05, 3.63) is 60.1 Å². The molecule has 2 aromatic rings. The Balaban J connectivity index is 1.36. The van der Waals surface area contributed by atoms with Crippen molar-refractivity contribution in [2.45, 2.75) is 102 Å². The second-order valence-electron chi connectivity index (χ2n) is 15.6.